The third-order valence-electron chi connectivity index (χ3n) is 4.81. The molecule has 0 unspecified atom stereocenters. The summed E-state index contributed by atoms with van der Waals surface area (Å²) in [6, 6.07) is 20.6. The molecule has 1 aliphatic rings. The molecule has 1 fully saturated rings. The smallest absolute Gasteiger partial charge is 0.240 e. The van der Waals surface area contributed by atoms with E-state index in [1.807, 2.05) is 43.4 Å². The lowest BCUT2D eigenvalue weighted by atomic mass is 9.91. The van der Waals surface area contributed by atoms with Gasteiger partial charge in [0.1, 0.15) is 0 Å². The Balaban J connectivity index is 1.50. The van der Waals surface area contributed by atoms with Crippen LogP contribution in [0.25, 0.3) is 0 Å². The summed E-state index contributed by atoms with van der Waals surface area (Å²) in [5.74, 6) is 1.23. The molecule has 2 heterocycles. The average Bonchev–Trinajstić information content (AvgIpc) is 3.18. The van der Waals surface area contributed by atoms with Gasteiger partial charge in [0, 0.05) is 6.54 Å². The minimum Gasteiger partial charge on any atom is -0.376 e. The largest absolute Gasteiger partial charge is 0.376 e. The molecule has 0 amide bonds. The highest BCUT2D eigenvalue weighted by Crippen LogP contribution is 2.29. The first kappa shape index (κ1) is 18.8. The predicted octanol–water partition coefficient (Wildman–Crippen LogP) is 3.10. The van der Waals surface area contributed by atoms with Gasteiger partial charge in [0.15, 0.2) is 5.82 Å². The predicted molar refractivity (Wildman–Crippen MR) is 105 cm³/mol. The van der Waals surface area contributed by atoms with Gasteiger partial charge < -0.3 is 14.0 Å². The summed E-state index contributed by atoms with van der Waals surface area (Å²) in [6.07, 6.45) is 0.0857. The first-order valence-electron chi connectivity index (χ1n) is 9.60. The zero-order valence-corrected chi connectivity index (χ0v) is 16.0. The van der Waals surface area contributed by atoms with Gasteiger partial charge in [-0.2, -0.15) is 4.98 Å². The second-order valence-electron chi connectivity index (χ2n) is 7.07. The number of hydrogen-bond donors (Lipinski definition) is 0. The van der Waals surface area contributed by atoms with Crippen LogP contribution < -0.4 is 0 Å². The van der Waals surface area contributed by atoms with E-state index in [2.05, 4.69) is 34.3 Å². The van der Waals surface area contributed by atoms with E-state index in [0.717, 1.165) is 17.7 Å². The fourth-order valence-electron chi connectivity index (χ4n) is 3.52. The first-order chi connectivity index (χ1) is 13.8. The first-order valence-corrected chi connectivity index (χ1v) is 9.60. The van der Waals surface area contributed by atoms with Crippen molar-refractivity contribution in [2.75, 3.05) is 33.4 Å². The molecule has 0 N–H and O–H groups in total. The zero-order valence-electron chi connectivity index (χ0n) is 16.0. The van der Waals surface area contributed by atoms with E-state index in [1.165, 1.54) is 0 Å². The molecule has 1 atom stereocenters. The van der Waals surface area contributed by atoms with Crippen molar-refractivity contribution in [3.05, 3.63) is 83.5 Å². The Morgan fingerprint density at radius 2 is 1.68 bits per heavy atom. The highest BCUT2D eigenvalue weighted by atomic mass is 16.6. The van der Waals surface area contributed by atoms with E-state index >= 15 is 0 Å². The van der Waals surface area contributed by atoms with Crippen molar-refractivity contribution in [1.82, 2.24) is 15.0 Å². The lowest BCUT2D eigenvalue weighted by Gasteiger charge is -2.26. The maximum absolute atomic E-state index is 5.71. The van der Waals surface area contributed by atoms with Crippen LogP contribution in [-0.4, -0.2) is 54.6 Å². The number of benzene rings is 2. The number of rotatable bonds is 7. The van der Waals surface area contributed by atoms with Crippen molar-refractivity contribution < 1.29 is 14.0 Å². The summed E-state index contributed by atoms with van der Waals surface area (Å²) in [4.78, 5) is 6.83. The Morgan fingerprint density at radius 3 is 2.29 bits per heavy atom. The van der Waals surface area contributed by atoms with Crippen molar-refractivity contribution in [2.45, 2.75) is 18.6 Å². The second-order valence-corrected chi connectivity index (χ2v) is 7.07. The van der Waals surface area contributed by atoms with Crippen LogP contribution in [0.4, 0.5) is 0 Å². The molecule has 6 heteroatoms. The van der Waals surface area contributed by atoms with E-state index in [0.29, 0.717) is 38.1 Å². The summed E-state index contributed by atoms with van der Waals surface area (Å²) in [5, 5.41) is 4.30. The van der Waals surface area contributed by atoms with Gasteiger partial charge in [0.05, 0.1) is 38.4 Å². The molecule has 146 valence electrons. The molecular formula is C22H25N3O3. The van der Waals surface area contributed by atoms with Crippen LogP contribution in [0.15, 0.2) is 65.2 Å². The van der Waals surface area contributed by atoms with Gasteiger partial charge in [0.25, 0.3) is 0 Å². The van der Waals surface area contributed by atoms with Crippen LogP contribution in [0, 0.1) is 0 Å². The zero-order chi connectivity index (χ0) is 19.2. The van der Waals surface area contributed by atoms with Crippen LogP contribution in [-0.2, 0) is 16.0 Å². The normalized spacial score (nSPS) is 17.3. The van der Waals surface area contributed by atoms with Crippen molar-refractivity contribution in [3.63, 3.8) is 0 Å². The Labute approximate surface area is 165 Å². The van der Waals surface area contributed by atoms with Gasteiger partial charge in [-0.1, -0.05) is 65.8 Å². The molecular weight excluding hydrogens is 354 g/mol. The molecule has 1 aromatic heterocycles. The molecule has 0 saturated carbocycles. The lowest BCUT2D eigenvalue weighted by molar-refractivity contribution is -0.0967. The van der Waals surface area contributed by atoms with Gasteiger partial charge in [-0.15, -0.1) is 0 Å². The highest BCUT2D eigenvalue weighted by molar-refractivity contribution is 5.37. The van der Waals surface area contributed by atoms with Crippen LogP contribution in [0.1, 0.15) is 28.8 Å². The molecule has 0 aliphatic carbocycles. The standard InChI is InChI=1S/C22H25N3O3/c1-25(14-19-16-26-12-13-27-19)15-20-23-22(24-28-20)21(17-8-4-2-5-9-17)18-10-6-3-7-11-18/h2-11,19,21H,12-16H2,1H3/t19-/m1/s1. The van der Waals surface area contributed by atoms with E-state index < -0.39 is 0 Å². The Bertz CT molecular complexity index is 808. The number of hydrogen-bond acceptors (Lipinski definition) is 6. The number of nitrogens with zero attached hydrogens (tertiary/aromatic N) is 3. The molecule has 0 radical (unpaired) electrons. The third kappa shape index (κ3) is 4.65. The van der Waals surface area contributed by atoms with Crippen molar-refractivity contribution in [3.8, 4) is 0 Å². The lowest BCUT2D eigenvalue weighted by Crippen LogP contribution is -2.38. The van der Waals surface area contributed by atoms with Gasteiger partial charge >= 0.3 is 0 Å². The molecule has 0 spiro atoms. The van der Waals surface area contributed by atoms with Crippen LogP contribution in [0.3, 0.4) is 0 Å². The average molecular weight is 379 g/mol. The van der Waals surface area contributed by atoms with Crippen molar-refractivity contribution >= 4 is 0 Å². The maximum atomic E-state index is 5.71. The topological polar surface area (TPSA) is 60.6 Å². The van der Waals surface area contributed by atoms with Crippen LogP contribution >= 0.6 is 0 Å². The Kier molecular flexibility index (Phi) is 6.11. The molecule has 28 heavy (non-hydrogen) atoms. The van der Waals surface area contributed by atoms with Crippen LogP contribution in [0.5, 0.6) is 0 Å². The summed E-state index contributed by atoms with van der Waals surface area (Å²) in [6.45, 7) is 3.29. The number of aromatic nitrogens is 2. The minimum absolute atomic E-state index is 0.0553. The minimum atomic E-state index is -0.0553. The third-order valence-corrected chi connectivity index (χ3v) is 4.81. The van der Waals surface area contributed by atoms with Crippen LogP contribution in [0.2, 0.25) is 0 Å². The Hall–Kier alpha value is -2.54. The molecule has 1 aliphatic heterocycles. The summed E-state index contributed by atoms with van der Waals surface area (Å²) in [7, 11) is 2.02. The summed E-state index contributed by atoms with van der Waals surface area (Å²) >= 11 is 0. The quantitative estimate of drug-likeness (QED) is 0.629. The Morgan fingerprint density at radius 1 is 1.00 bits per heavy atom. The van der Waals surface area contributed by atoms with E-state index in [4.69, 9.17) is 19.0 Å². The van der Waals surface area contributed by atoms with E-state index in [-0.39, 0.29) is 12.0 Å². The SMILES string of the molecule is CN(Cc1nc(C(c2ccccc2)c2ccccc2)no1)C[C@@H]1COCCO1. The number of ether oxygens (including phenoxy) is 2. The number of likely N-dealkylation sites (N-methyl/N-ethyl adjacent to an activating group) is 1. The molecule has 3 aromatic rings. The summed E-state index contributed by atoms with van der Waals surface area (Å²) < 4.78 is 16.7. The molecule has 1 saturated heterocycles. The maximum Gasteiger partial charge on any atom is 0.240 e. The van der Waals surface area contributed by atoms with Gasteiger partial charge in [0.2, 0.25) is 5.89 Å². The molecule has 6 nitrogen and oxygen atoms in total. The molecule has 0 bridgehead atoms. The summed E-state index contributed by atoms with van der Waals surface area (Å²) in [5.41, 5.74) is 2.28. The van der Waals surface area contributed by atoms with E-state index in [1.54, 1.807) is 0 Å². The van der Waals surface area contributed by atoms with Crippen molar-refractivity contribution in [2.24, 2.45) is 0 Å². The fourth-order valence-corrected chi connectivity index (χ4v) is 3.52. The molecule has 2 aromatic carbocycles. The van der Waals surface area contributed by atoms with Gasteiger partial charge in [-0.3, -0.25) is 4.90 Å². The fraction of sp³-hybridized carbons (Fsp3) is 0.364. The molecule has 4 rings (SSSR count). The van der Waals surface area contributed by atoms with Crippen molar-refractivity contribution in [1.29, 1.82) is 0 Å². The monoisotopic (exact) mass is 379 g/mol. The highest BCUT2D eigenvalue weighted by Gasteiger charge is 2.23. The van der Waals surface area contributed by atoms with Gasteiger partial charge in [-0.25, -0.2) is 0 Å². The second kappa shape index (κ2) is 9.10. The van der Waals surface area contributed by atoms with E-state index in [9.17, 15) is 0 Å². The van der Waals surface area contributed by atoms with Gasteiger partial charge in [-0.05, 0) is 18.2 Å².